The Kier molecular flexibility index (Phi) is 4.98. The van der Waals surface area contributed by atoms with Gasteiger partial charge in [0.15, 0.2) is 0 Å². The van der Waals surface area contributed by atoms with E-state index in [0.717, 1.165) is 18.8 Å². The highest BCUT2D eigenvalue weighted by atomic mass is 35.5. The van der Waals surface area contributed by atoms with E-state index in [9.17, 15) is 0 Å². The number of piperidine rings is 1. The molecule has 1 unspecified atom stereocenters. The molecule has 1 aromatic heterocycles. The van der Waals surface area contributed by atoms with Gasteiger partial charge < -0.3 is 15.5 Å². The van der Waals surface area contributed by atoms with Crippen LogP contribution in [0.1, 0.15) is 19.3 Å². The van der Waals surface area contributed by atoms with Crippen LogP contribution in [0.15, 0.2) is 36.5 Å². The number of likely N-dealkylation sites (N-methyl/N-ethyl adjacent to an activating group) is 1. The van der Waals surface area contributed by atoms with E-state index in [1.165, 1.54) is 19.3 Å². The molecular weight excluding hydrogens is 310 g/mol. The molecule has 1 fully saturated rings. The van der Waals surface area contributed by atoms with Crippen molar-refractivity contribution in [3.63, 3.8) is 0 Å². The maximum Gasteiger partial charge on any atom is 0.231 e. The summed E-state index contributed by atoms with van der Waals surface area (Å²) in [4.78, 5) is 13.3. The molecule has 1 aromatic carbocycles. The van der Waals surface area contributed by atoms with Gasteiger partial charge in [-0.3, -0.25) is 0 Å². The van der Waals surface area contributed by atoms with E-state index in [-0.39, 0.29) is 0 Å². The summed E-state index contributed by atoms with van der Waals surface area (Å²) >= 11 is 6.18. The molecular formula is C17H22ClN5. The summed E-state index contributed by atoms with van der Waals surface area (Å²) in [5.74, 6) is 1.09. The number of halogens is 1. The predicted octanol–water partition coefficient (Wildman–Crippen LogP) is 3.33. The van der Waals surface area contributed by atoms with Crippen LogP contribution in [0.4, 0.5) is 17.5 Å². The van der Waals surface area contributed by atoms with Gasteiger partial charge in [0.1, 0.15) is 5.82 Å². The van der Waals surface area contributed by atoms with Crippen LogP contribution in [-0.2, 0) is 0 Å². The Hall–Kier alpha value is -1.85. The normalized spacial score (nSPS) is 18.8. The highest BCUT2D eigenvalue weighted by Crippen LogP contribution is 2.27. The number of nitrogens with zero attached hydrogens (tertiary/aromatic N) is 4. The van der Waals surface area contributed by atoms with Crippen molar-refractivity contribution >= 4 is 29.1 Å². The zero-order valence-electron chi connectivity index (χ0n) is 13.3. The van der Waals surface area contributed by atoms with Gasteiger partial charge in [-0.25, -0.2) is 4.98 Å². The lowest BCUT2D eigenvalue weighted by Gasteiger charge is -2.36. The standard InChI is InChI=1S/C17H22ClN5/c1-22-10-3-2-6-15(22)12-23(14-7-4-5-13(18)11-14)17-20-9-8-16(19)21-17/h4-5,7-9,11,15H,2-3,6,10,12H2,1H3,(H2,19,20,21). The number of benzene rings is 1. The zero-order valence-corrected chi connectivity index (χ0v) is 14.1. The van der Waals surface area contributed by atoms with Crippen molar-refractivity contribution in [1.29, 1.82) is 0 Å². The van der Waals surface area contributed by atoms with Crippen LogP contribution in [0.5, 0.6) is 0 Å². The van der Waals surface area contributed by atoms with Gasteiger partial charge >= 0.3 is 0 Å². The van der Waals surface area contributed by atoms with Crippen molar-refractivity contribution in [2.75, 3.05) is 30.8 Å². The van der Waals surface area contributed by atoms with Crippen LogP contribution in [0, 0.1) is 0 Å². The van der Waals surface area contributed by atoms with Gasteiger partial charge in [-0.1, -0.05) is 24.1 Å². The maximum absolute atomic E-state index is 6.18. The average Bonchev–Trinajstić information content (AvgIpc) is 2.54. The topological polar surface area (TPSA) is 58.3 Å². The van der Waals surface area contributed by atoms with Gasteiger partial charge in [0.25, 0.3) is 0 Å². The second kappa shape index (κ2) is 7.15. The number of nitrogen functional groups attached to an aromatic ring is 1. The summed E-state index contributed by atoms with van der Waals surface area (Å²) in [5, 5.41) is 0.702. The molecule has 5 nitrogen and oxygen atoms in total. The molecule has 2 heterocycles. The first-order valence-corrected chi connectivity index (χ1v) is 8.33. The minimum atomic E-state index is 0.466. The Labute approximate surface area is 142 Å². The molecule has 6 heteroatoms. The monoisotopic (exact) mass is 331 g/mol. The molecule has 3 rings (SSSR count). The van der Waals surface area contributed by atoms with Gasteiger partial charge in [0.2, 0.25) is 5.95 Å². The molecule has 2 N–H and O–H groups in total. The molecule has 122 valence electrons. The summed E-state index contributed by atoms with van der Waals surface area (Å²) in [6, 6.07) is 9.95. The maximum atomic E-state index is 6.18. The number of hydrogen-bond acceptors (Lipinski definition) is 5. The van der Waals surface area contributed by atoms with Crippen molar-refractivity contribution in [3.8, 4) is 0 Å². The van der Waals surface area contributed by atoms with Gasteiger partial charge in [0.05, 0.1) is 0 Å². The number of anilines is 3. The molecule has 0 saturated carbocycles. The minimum Gasteiger partial charge on any atom is -0.384 e. The Morgan fingerprint density at radius 2 is 2.22 bits per heavy atom. The number of rotatable bonds is 4. The van der Waals surface area contributed by atoms with E-state index in [1.807, 2.05) is 24.3 Å². The van der Waals surface area contributed by atoms with Crippen LogP contribution >= 0.6 is 11.6 Å². The molecule has 1 atom stereocenters. The first kappa shape index (κ1) is 16.0. The molecule has 0 aliphatic carbocycles. The third kappa shape index (κ3) is 3.92. The van der Waals surface area contributed by atoms with Crippen LogP contribution in [0.3, 0.4) is 0 Å². The van der Waals surface area contributed by atoms with E-state index in [4.69, 9.17) is 17.3 Å². The lowest BCUT2D eigenvalue weighted by molar-refractivity contribution is 0.190. The van der Waals surface area contributed by atoms with Gasteiger partial charge in [-0.15, -0.1) is 0 Å². The average molecular weight is 332 g/mol. The summed E-state index contributed by atoms with van der Waals surface area (Å²) in [7, 11) is 2.18. The Bertz CT molecular complexity index is 617. The molecule has 0 spiro atoms. The fourth-order valence-electron chi connectivity index (χ4n) is 3.02. The highest BCUT2D eigenvalue weighted by molar-refractivity contribution is 6.30. The van der Waals surface area contributed by atoms with Gasteiger partial charge in [-0.05, 0) is 50.7 Å². The fraction of sp³-hybridized carbons (Fsp3) is 0.412. The van der Waals surface area contributed by atoms with Gasteiger partial charge in [0, 0.05) is 29.5 Å². The molecule has 0 radical (unpaired) electrons. The van der Waals surface area contributed by atoms with Gasteiger partial charge in [-0.2, -0.15) is 4.98 Å². The summed E-state index contributed by atoms with van der Waals surface area (Å²) in [5.41, 5.74) is 6.84. The zero-order chi connectivity index (χ0) is 16.2. The van der Waals surface area contributed by atoms with Crippen molar-refractivity contribution in [1.82, 2.24) is 14.9 Å². The van der Waals surface area contributed by atoms with Crippen molar-refractivity contribution in [2.45, 2.75) is 25.3 Å². The third-order valence-electron chi connectivity index (χ3n) is 4.34. The van der Waals surface area contributed by atoms with Crippen molar-refractivity contribution in [3.05, 3.63) is 41.6 Å². The molecule has 1 aliphatic rings. The smallest absolute Gasteiger partial charge is 0.231 e. The van der Waals surface area contributed by atoms with Crippen molar-refractivity contribution < 1.29 is 0 Å². The third-order valence-corrected chi connectivity index (χ3v) is 4.58. The first-order valence-electron chi connectivity index (χ1n) is 7.95. The quantitative estimate of drug-likeness (QED) is 0.931. The van der Waals surface area contributed by atoms with Crippen LogP contribution in [0.25, 0.3) is 0 Å². The first-order chi connectivity index (χ1) is 11.1. The molecule has 0 bridgehead atoms. The molecule has 23 heavy (non-hydrogen) atoms. The second-order valence-corrected chi connectivity index (χ2v) is 6.44. The SMILES string of the molecule is CN1CCCCC1CN(c1cccc(Cl)c1)c1nccc(N)n1. The Morgan fingerprint density at radius 3 is 2.96 bits per heavy atom. The summed E-state index contributed by atoms with van der Waals surface area (Å²) in [6.07, 6.45) is 5.39. The van der Waals surface area contributed by atoms with Crippen LogP contribution in [-0.4, -0.2) is 41.0 Å². The van der Waals surface area contributed by atoms with E-state index in [1.54, 1.807) is 12.3 Å². The number of likely N-dealkylation sites (tertiary alicyclic amines) is 1. The highest BCUT2D eigenvalue weighted by Gasteiger charge is 2.24. The Morgan fingerprint density at radius 1 is 1.35 bits per heavy atom. The fourth-order valence-corrected chi connectivity index (χ4v) is 3.21. The Balaban J connectivity index is 1.93. The number of nitrogens with two attached hydrogens (primary N) is 1. The van der Waals surface area contributed by atoms with E-state index < -0.39 is 0 Å². The number of hydrogen-bond donors (Lipinski definition) is 1. The predicted molar refractivity (Wildman–Crippen MR) is 95.2 cm³/mol. The largest absolute Gasteiger partial charge is 0.384 e. The van der Waals surface area contributed by atoms with Crippen molar-refractivity contribution in [2.24, 2.45) is 0 Å². The second-order valence-electron chi connectivity index (χ2n) is 6.00. The molecule has 0 amide bonds. The molecule has 2 aromatic rings. The number of aromatic nitrogens is 2. The van der Waals surface area contributed by atoms with E-state index in [0.29, 0.717) is 22.8 Å². The van der Waals surface area contributed by atoms with Crippen LogP contribution in [0.2, 0.25) is 5.02 Å². The summed E-state index contributed by atoms with van der Waals surface area (Å²) in [6.45, 7) is 1.95. The lowest BCUT2D eigenvalue weighted by atomic mass is 10.0. The molecule has 1 aliphatic heterocycles. The van der Waals surface area contributed by atoms with Crippen LogP contribution < -0.4 is 10.6 Å². The van der Waals surface area contributed by atoms with E-state index in [2.05, 4.69) is 26.8 Å². The minimum absolute atomic E-state index is 0.466. The summed E-state index contributed by atoms with van der Waals surface area (Å²) < 4.78 is 0. The molecule has 1 saturated heterocycles. The lowest BCUT2D eigenvalue weighted by Crippen LogP contribution is -2.43. The van der Waals surface area contributed by atoms with E-state index >= 15 is 0 Å².